The topological polar surface area (TPSA) is 38.9 Å². The highest BCUT2D eigenvalue weighted by Gasteiger charge is 1.88. The van der Waals surface area contributed by atoms with Crippen molar-refractivity contribution in [2.75, 3.05) is 0 Å². The van der Waals surface area contributed by atoms with Crippen LogP contribution in [0.2, 0.25) is 0 Å². The third-order valence-corrected chi connectivity index (χ3v) is 1.42. The molecule has 0 aliphatic heterocycles. The fraction of sp³-hybridized carbons (Fsp3) is 0.167. The monoisotopic (exact) mass is 258 g/mol. The highest BCUT2D eigenvalue weighted by atomic mass is 79.9. The third-order valence-electron chi connectivity index (χ3n) is 0.982. The van der Waals surface area contributed by atoms with Crippen LogP contribution in [0.25, 0.3) is 0 Å². The van der Waals surface area contributed by atoms with Crippen LogP contribution in [0.15, 0.2) is 22.8 Å². The van der Waals surface area contributed by atoms with Gasteiger partial charge in [-0.15, -0.1) is 24.8 Å². The molecular formula is C6H9BrCl2N2. The number of halogens is 3. The number of aromatic nitrogens is 1. The summed E-state index contributed by atoms with van der Waals surface area (Å²) >= 11 is 3.24. The van der Waals surface area contributed by atoms with E-state index >= 15 is 0 Å². The zero-order valence-corrected chi connectivity index (χ0v) is 8.88. The average molecular weight is 260 g/mol. The number of rotatable bonds is 1. The maximum atomic E-state index is 5.34. The van der Waals surface area contributed by atoms with Gasteiger partial charge >= 0.3 is 0 Å². The van der Waals surface area contributed by atoms with Gasteiger partial charge in [0, 0.05) is 6.54 Å². The van der Waals surface area contributed by atoms with Crippen LogP contribution < -0.4 is 5.73 Å². The summed E-state index contributed by atoms with van der Waals surface area (Å²) in [7, 11) is 0. The molecule has 0 atom stereocenters. The Kier molecular flexibility index (Phi) is 8.56. The molecule has 0 bridgehead atoms. The molecule has 0 fully saturated rings. The molecule has 0 aliphatic rings. The molecule has 2 N–H and O–H groups in total. The van der Waals surface area contributed by atoms with Crippen LogP contribution in [0.1, 0.15) is 5.69 Å². The maximum Gasteiger partial charge on any atom is 0.106 e. The number of nitrogens with two attached hydrogens (primary N) is 1. The first-order chi connectivity index (χ1) is 4.33. The van der Waals surface area contributed by atoms with Gasteiger partial charge in [0.1, 0.15) is 4.60 Å². The largest absolute Gasteiger partial charge is 0.325 e. The average Bonchev–Trinajstić information content (AvgIpc) is 1.88. The molecule has 0 saturated carbocycles. The maximum absolute atomic E-state index is 5.34. The molecule has 0 amide bonds. The summed E-state index contributed by atoms with van der Waals surface area (Å²) in [5, 5.41) is 0. The Hall–Kier alpha value is 0.170. The van der Waals surface area contributed by atoms with Crippen LogP contribution in [0.3, 0.4) is 0 Å². The quantitative estimate of drug-likeness (QED) is 0.785. The lowest BCUT2D eigenvalue weighted by molar-refractivity contribution is 0.980. The predicted molar refractivity (Wildman–Crippen MR) is 54.3 cm³/mol. The third kappa shape index (κ3) is 4.58. The van der Waals surface area contributed by atoms with Gasteiger partial charge < -0.3 is 5.73 Å². The summed E-state index contributed by atoms with van der Waals surface area (Å²) in [5.74, 6) is 0. The molecule has 0 aromatic carbocycles. The smallest absolute Gasteiger partial charge is 0.106 e. The van der Waals surface area contributed by atoms with Gasteiger partial charge in [0.15, 0.2) is 0 Å². The second kappa shape index (κ2) is 6.85. The Balaban J connectivity index is 0. The number of hydrogen-bond donors (Lipinski definition) is 1. The van der Waals surface area contributed by atoms with Crippen molar-refractivity contribution in [2.24, 2.45) is 5.73 Å². The van der Waals surface area contributed by atoms with Crippen molar-refractivity contribution < 1.29 is 0 Å². The molecule has 0 aliphatic carbocycles. The Labute approximate surface area is 86.5 Å². The second-order valence-electron chi connectivity index (χ2n) is 1.66. The molecule has 0 saturated heterocycles. The van der Waals surface area contributed by atoms with E-state index < -0.39 is 0 Å². The lowest BCUT2D eigenvalue weighted by atomic mass is 10.4. The van der Waals surface area contributed by atoms with E-state index in [1.807, 2.05) is 18.2 Å². The Morgan fingerprint density at radius 3 is 2.36 bits per heavy atom. The van der Waals surface area contributed by atoms with Gasteiger partial charge in [-0.25, -0.2) is 4.98 Å². The highest BCUT2D eigenvalue weighted by Crippen LogP contribution is 2.04. The summed E-state index contributed by atoms with van der Waals surface area (Å²) in [6.07, 6.45) is 0. The SMILES string of the molecule is Cl.Cl.NCc1cccc(Br)n1. The zero-order chi connectivity index (χ0) is 6.69. The van der Waals surface area contributed by atoms with E-state index in [1.165, 1.54) is 0 Å². The van der Waals surface area contributed by atoms with Crippen LogP contribution >= 0.6 is 40.7 Å². The van der Waals surface area contributed by atoms with Crippen LogP contribution in [-0.4, -0.2) is 4.98 Å². The molecule has 0 spiro atoms. The van der Waals surface area contributed by atoms with Gasteiger partial charge in [0.05, 0.1) is 5.69 Å². The lowest BCUT2D eigenvalue weighted by Crippen LogP contribution is -1.98. The van der Waals surface area contributed by atoms with Crippen molar-refractivity contribution in [1.29, 1.82) is 0 Å². The van der Waals surface area contributed by atoms with E-state index in [0.717, 1.165) is 10.3 Å². The van der Waals surface area contributed by atoms with Crippen LogP contribution in [-0.2, 0) is 6.54 Å². The van der Waals surface area contributed by atoms with Gasteiger partial charge in [-0.2, -0.15) is 0 Å². The Morgan fingerprint density at radius 2 is 2.00 bits per heavy atom. The fourth-order valence-corrected chi connectivity index (χ4v) is 0.944. The molecule has 1 aromatic rings. The molecule has 64 valence electrons. The van der Waals surface area contributed by atoms with Gasteiger partial charge in [0.25, 0.3) is 0 Å². The standard InChI is InChI=1S/C6H7BrN2.2ClH/c7-6-3-1-2-5(4-8)9-6;;/h1-3H,4,8H2;2*1H. The summed E-state index contributed by atoms with van der Waals surface area (Å²) < 4.78 is 0.838. The van der Waals surface area contributed by atoms with Gasteiger partial charge in [0.2, 0.25) is 0 Å². The van der Waals surface area contributed by atoms with E-state index in [9.17, 15) is 0 Å². The molecule has 0 unspecified atom stereocenters. The normalized spacial score (nSPS) is 7.82. The minimum Gasteiger partial charge on any atom is -0.325 e. The van der Waals surface area contributed by atoms with Crippen molar-refractivity contribution in [3.8, 4) is 0 Å². The van der Waals surface area contributed by atoms with Crippen LogP contribution in [0, 0.1) is 0 Å². The van der Waals surface area contributed by atoms with Gasteiger partial charge in [-0.1, -0.05) is 6.07 Å². The molecule has 11 heavy (non-hydrogen) atoms. The molecule has 1 rings (SSSR count). The molecule has 0 radical (unpaired) electrons. The first kappa shape index (κ1) is 13.7. The summed E-state index contributed by atoms with van der Waals surface area (Å²) in [6, 6.07) is 5.68. The first-order valence-electron chi connectivity index (χ1n) is 2.64. The van der Waals surface area contributed by atoms with Crippen molar-refractivity contribution in [3.63, 3.8) is 0 Å². The van der Waals surface area contributed by atoms with E-state index in [-0.39, 0.29) is 24.8 Å². The number of nitrogens with zero attached hydrogens (tertiary/aromatic N) is 1. The Bertz CT molecular complexity index is 208. The summed E-state index contributed by atoms with van der Waals surface area (Å²) in [4.78, 5) is 4.08. The number of pyridine rings is 1. The molecule has 5 heteroatoms. The minimum atomic E-state index is 0. The van der Waals surface area contributed by atoms with Crippen molar-refractivity contribution in [3.05, 3.63) is 28.5 Å². The first-order valence-corrected chi connectivity index (χ1v) is 3.44. The van der Waals surface area contributed by atoms with E-state index in [1.54, 1.807) is 0 Å². The molecule has 1 heterocycles. The summed E-state index contributed by atoms with van der Waals surface area (Å²) in [6.45, 7) is 0.499. The van der Waals surface area contributed by atoms with Crippen LogP contribution in [0.5, 0.6) is 0 Å². The molecule has 2 nitrogen and oxygen atoms in total. The van der Waals surface area contributed by atoms with E-state index in [0.29, 0.717) is 6.54 Å². The van der Waals surface area contributed by atoms with Gasteiger partial charge in [-0.3, -0.25) is 0 Å². The molecular weight excluding hydrogens is 251 g/mol. The molecule has 1 aromatic heterocycles. The van der Waals surface area contributed by atoms with E-state index in [2.05, 4.69) is 20.9 Å². The van der Waals surface area contributed by atoms with E-state index in [4.69, 9.17) is 5.73 Å². The minimum absolute atomic E-state index is 0. The lowest BCUT2D eigenvalue weighted by Gasteiger charge is -1.93. The predicted octanol–water partition coefficient (Wildman–Crippen LogP) is 2.15. The Morgan fingerprint density at radius 1 is 1.36 bits per heavy atom. The van der Waals surface area contributed by atoms with Crippen molar-refractivity contribution >= 4 is 40.7 Å². The van der Waals surface area contributed by atoms with Crippen molar-refractivity contribution in [2.45, 2.75) is 6.54 Å². The second-order valence-corrected chi connectivity index (χ2v) is 2.47. The fourth-order valence-electron chi connectivity index (χ4n) is 0.564. The van der Waals surface area contributed by atoms with Gasteiger partial charge in [-0.05, 0) is 28.1 Å². The zero-order valence-electron chi connectivity index (χ0n) is 5.66. The highest BCUT2D eigenvalue weighted by molar-refractivity contribution is 9.10. The van der Waals surface area contributed by atoms with Crippen molar-refractivity contribution in [1.82, 2.24) is 4.98 Å². The summed E-state index contributed by atoms with van der Waals surface area (Å²) in [5.41, 5.74) is 6.24. The van der Waals surface area contributed by atoms with Crippen LogP contribution in [0.4, 0.5) is 0 Å². The number of hydrogen-bond acceptors (Lipinski definition) is 2.